The molecule has 0 bridgehead atoms. The Kier molecular flexibility index (Phi) is 4.80. The number of rotatable bonds is 3. The van der Waals surface area contributed by atoms with E-state index in [1.807, 2.05) is 0 Å². The second-order valence-electron chi connectivity index (χ2n) is 6.06. The molecule has 2 aliphatic rings. The molecular weight excluding hydrogens is 242 g/mol. The topological polar surface area (TPSA) is 75.4 Å². The van der Waals surface area contributed by atoms with E-state index in [9.17, 15) is 9.59 Å². The van der Waals surface area contributed by atoms with Crippen LogP contribution < -0.4 is 11.1 Å². The monoisotopic (exact) mass is 267 g/mol. The molecule has 2 rings (SSSR count). The summed E-state index contributed by atoms with van der Waals surface area (Å²) in [6.07, 6.45) is 6.14. The van der Waals surface area contributed by atoms with Crippen LogP contribution in [0.1, 0.15) is 44.9 Å². The highest BCUT2D eigenvalue weighted by molar-refractivity contribution is 5.79. The average molecular weight is 267 g/mol. The third kappa shape index (κ3) is 4.20. The van der Waals surface area contributed by atoms with Crippen molar-refractivity contribution in [3.8, 4) is 0 Å². The number of carbonyl (C=O) groups excluding carboxylic acids is 2. The van der Waals surface area contributed by atoms with Gasteiger partial charge in [-0.1, -0.05) is 0 Å². The van der Waals surface area contributed by atoms with E-state index in [4.69, 9.17) is 5.73 Å². The Morgan fingerprint density at radius 2 is 2.00 bits per heavy atom. The van der Waals surface area contributed by atoms with Crippen LogP contribution in [0.3, 0.4) is 0 Å². The lowest BCUT2D eigenvalue weighted by Gasteiger charge is -2.31. The van der Waals surface area contributed by atoms with Crippen molar-refractivity contribution in [3.63, 3.8) is 0 Å². The number of likely N-dealkylation sites (tertiary alicyclic amines) is 1. The summed E-state index contributed by atoms with van der Waals surface area (Å²) < 4.78 is 0. The zero-order valence-electron chi connectivity index (χ0n) is 11.7. The van der Waals surface area contributed by atoms with E-state index in [0.717, 1.165) is 32.1 Å². The summed E-state index contributed by atoms with van der Waals surface area (Å²) in [5, 5.41) is 3.06. The van der Waals surface area contributed by atoms with Crippen molar-refractivity contribution < 1.29 is 9.59 Å². The SMILES string of the molecule is CN1CC(NC(=O)CC2CCC(N)CC2)CCC1=O. The van der Waals surface area contributed by atoms with Crippen LogP contribution in [0.5, 0.6) is 0 Å². The Balaban J connectivity index is 1.71. The third-order valence-electron chi connectivity index (χ3n) is 4.36. The van der Waals surface area contributed by atoms with E-state index in [2.05, 4.69) is 5.32 Å². The molecule has 1 heterocycles. The molecule has 3 N–H and O–H groups in total. The van der Waals surface area contributed by atoms with Crippen LogP contribution in [-0.2, 0) is 9.59 Å². The number of hydrogen-bond acceptors (Lipinski definition) is 3. The molecule has 1 saturated heterocycles. The first-order chi connectivity index (χ1) is 9.04. The van der Waals surface area contributed by atoms with Crippen molar-refractivity contribution in [2.45, 2.75) is 57.0 Å². The molecule has 5 heteroatoms. The number of hydrogen-bond donors (Lipinski definition) is 2. The normalized spacial score (nSPS) is 32.2. The van der Waals surface area contributed by atoms with Gasteiger partial charge in [-0.15, -0.1) is 0 Å². The molecule has 108 valence electrons. The van der Waals surface area contributed by atoms with E-state index in [1.54, 1.807) is 11.9 Å². The van der Waals surface area contributed by atoms with Crippen LogP contribution in [0.25, 0.3) is 0 Å². The van der Waals surface area contributed by atoms with Crippen molar-refractivity contribution in [1.29, 1.82) is 0 Å². The van der Waals surface area contributed by atoms with E-state index < -0.39 is 0 Å². The first-order valence-corrected chi connectivity index (χ1v) is 7.33. The Morgan fingerprint density at radius 3 is 2.63 bits per heavy atom. The van der Waals surface area contributed by atoms with Gasteiger partial charge in [-0.05, 0) is 38.0 Å². The number of nitrogens with zero attached hydrogens (tertiary/aromatic N) is 1. The average Bonchev–Trinajstić information content (AvgIpc) is 2.37. The van der Waals surface area contributed by atoms with Gasteiger partial charge in [0.15, 0.2) is 0 Å². The Hall–Kier alpha value is -1.10. The van der Waals surface area contributed by atoms with Gasteiger partial charge >= 0.3 is 0 Å². The minimum Gasteiger partial charge on any atom is -0.352 e. The lowest BCUT2D eigenvalue weighted by Crippen LogP contribution is -2.48. The van der Waals surface area contributed by atoms with Gasteiger partial charge in [0.2, 0.25) is 11.8 Å². The first kappa shape index (κ1) is 14.3. The Morgan fingerprint density at radius 1 is 1.32 bits per heavy atom. The maximum Gasteiger partial charge on any atom is 0.222 e. The predicted molar refractivity (Wildman–Crippen MR) is 73.4 cm³/mol. The molecular formula is C14H25N3O2. The lowest BCUT2D eigenvalue weighted by atomic mass is 9.84. The van der Waals surface area contributed by atoms with Gasteiger partial charge in [0.05, 0.1) is 0 Å². The summed E-state index contributed by atoms with van der Waals surface area (Å²) in [5.41, 5.74) is 5.87. The van der Waals surface area contributed by atoms with Crippen LogP contribution in [0.4, 0.5) is 0 Å². The number of nitrogens with two attached hydrogens (primary N) is 1. The summed E-state index contributed by atoms with van der Waals surface area (Å²) in [7, 11) is 1.79. The van der Waals surface area contributed by atoms with Crippen molar-refractivity contribution in [2.75, 3.05) is 13.6 Å². The molecule has 0 aromatic rings. The fourth-order valence-corrected chi connectivity index (χ4v) is 3.07. The van der Waals surface area contributed by atoms with Gasteiger partial charge in [-0.3, -0.25) is 9.59 Å². The summed E-state index contributed by atoms with van der Waals surface area (Å²) in [6.45, 7) is 0.639. The number of piperidine rings is 1. The molecule has 1 unspecified atom stereocenters. The molecule has 2 fully saturated rings. The molecule has 1 aliphatic heterocycles. The zero-order valence-corrected chi connectivity index (χ0v) is 11.7. The van der Waals surface area contributed by atoms with E-state index in [1.165, 1.54) is 0 Å². The van der Waals surface area contributed by atoms with Crippen LogP contribution in [0, 0.1) is 5.92 Å². The number of carbonyl (C=O) groups is 2. The van der Waals surface area contributed by atoms with Crippen molar-refractivity contribution >= 4 is 11.8 Å². The highest BCUT2D eigenvalue weighted by Crippen LogP contribution is 2.25. The molecule has 0 radical (unpaired) electrons. The van der Waals surface area contributed by atoms with Crippen LogP contribution in [0.15, 0.2) is 0 Å². The smallest absolute Gasteiger partial charge is 0.222 e. The zero-order chi connectivity index (χ0) is 13.8. The van der Waals surface area contributed by atoms with Gasteiger partial charge in [0, 0.05) is 38.5 Å². The minimum atomic E-state index is 0.126. The van der Waals surface area contributed by atoms with E-state index in [0.29, 0.717) is 31.3 Å². The summed E-state index contributed by atoms with van der Waals surface area (Å²) in [6, 6.07) is 0.457. The van der Waals surface area contributed by atoms with Gasteiger partial charge < -0.3 is 16.0 Å². The van der Waals surface area contributed by atoms with Crippen molar-refractivity contribution in [1.82, 2.24) is 10.2 Å². The Bertz CT molecular complexity index is 338. The molecule has 0 aromatic heterocycles. The minimum absolute atomic E-state index is 0.126. The fourth-order valence-electron chi connectivity index (χ4n) is 3.07. The number of likely N-dealkylation sites (N-methyl/N-ethyl adjacent to an activating group) is 1. The third-order valence-corrected chi connectivity index (χ3v) is 4.36. The number of amides is 2. The van der Waals surface area contributed by atoms with Crippen LogP contribution in [-0.4, -0.2) is 42.4 Å². The van der Waals surface area contributed by atoms with Gasteiger partial charge in [-0.25, -0.2) is 0 Å². The standard InChI is InChI=1S/C14H25N3O2/c1-17-9-12(6-7-14(17)19)16-13(18)8-10-2-4-11(15)5-3-10/h10-12H,2-9,15H2,1H3,(H,16,18). The molecule has 0 spiro atoms. The predicted octanol–water partition coefficient (Wildman–Crippen LogP) is 0.631. The lowest BCUT2D eigenvalue weighted by molar-refractivity contribution is -0.134. The molecule has 2 amide bonds. The van der Waals surface area contributed by atoms with Gasteiger partial charge in [0.1, 0.15) is 0 Å². The molecule has 1 saturated carbocycles. The second-order valence-corrected chi connectivity index (χ2v) is 6.06. The van der Waals surface area contributed by atoms with E-state index in [-0.39, 0.29) is 17.9 Å². The molecule has 1 atom stereocenters. The Labute approximate surface area is 114 Å². The quantitative estimate of drug-likeness (QED) is 0.787. The molecule has 1 aliphatic carbocycles. The highest BCUT2D eigenvalue weighted by Gasteiger charge is 2.26. The van der Waals surface area contributed by atoms with Crippen molar-refractivity contribution in [2.24, 2.45) is 11.7 Å². The largest absolute Gasteiger partial charge is 0.352 e. The molecule has 5 nitrogen and oxygen atoms in total. The maximum absolute atomic E-state index is 12.0. The van der Waals surface area contributed by atoms with Gasteiger partial charge in [-0.2, -0.15) is 0 Å². The second kappa shape index (κ2) is 6.37. The van der Waals surface area contributed by atoms with Crippen molar-refractivity contribution in [3.05, 3.63) is 0 Å². The van der Waals surface area contributed by atoms with Gasteiger partial charge in [0.25, 0.3) is 0 Å². The number of nitrogens with one attached hydrogen (secondary N) is 1. The van der Waals surface area contributed by atoms with E-state index >= 15 is 0 Å². The summed E-state index contributed by atoms with van der Waals surface area (Å²) in [4.78, 5) is 25.1. The fraction of sp³-hybridized carbons (Fsp3) is 0.857. The summed E-state index contributed by atoms with van der Waals surface area (Å²) >= 11 is 0. The van der Waals surface area contributed by atoms with Crippen LogP contribution >= 0.6 is 0 Å². The first-order valence-electron chi connectivity index (χ1n) is 7.33. The molecule has 19 heavy (non-hydrogen) atoms. The summed E-state index contributed by atoms with van der Waals surface area (Å²) in [5.74, 6) is 0.794. The highest BCUT2D eigenvalue weighted by atomic mass is 16.2. The maximum atomic E-state index is 12.0. The molecule has 0 aromatic carbocycles. The van der Waals surface area contributed by atoms with Crippen LogP contribution in [0.2, 0.25) is 0 Å².